The lowest BCUT2D eigenvalue weighted by atomic mass is 10.2. The third-order valence-electron chi connectivity index (χ3n) is 4.46. The molecule has 4 heteroatoms. The number of rotatable bonds is 3. The van der Waals surface area contributed by atoms with Crippen molar-refractivity contribution >= 4 is 17.2 Å². The van der Waals surface area contributed by atoms with Crippen LogP contribution in [0.4, 0.5) is 11.4 Å². The van der Waals surface area contributed by atoms with Crippen molar-refractivity contribution in [3.8, 4) is 0 Å². The molecule has 0 saturated carbocycles. The highest BCUT2D eigenvalue weighted by molar-refractivity contribution is 6.00. The zero-order chi connectivity index (χ0) is 17.9. The largest absolute Gasteiger partial charge is 0.278 e. The van der Waals surface area contributed by atoms with Crippen LogP contribution in [-0.4, -0.2) is 12.5 Å². The lowest BCUT2D eigenvalue weighted by Gasteiger charge is -2.36. The Morgan fingerprint density at radius 1 is 0.731 bits per heavy atom. The Morgan fingerprint density at radius 2 is 1.31 bits per heavy atom. The van der Waals surface area contributed by atoms with E-state index in [1.54, 1.807) is 0 Å². The zero-order valence-corrected chi connectivity index (χ0v) is 15.1. The van der Waals surface area contributed by atoms with E-state index in [0.29, 0.717) is 6.67 Å². The molecular formula is C22H22N4. The molecule has 4 rings (SSSR count). The summed E-state index contributed by atoms with van der Waals surface area (Å²) in [5.41, 5.74) is 9.18. The Kier molecular flexibility index (Phi) is 4.32. The highest BCUT2D eigenvalue weighted by Gasteiger charge is 2.21. The molecule has 4 nitrogen and oxygen atoms in total. The van der Waals surface area contributed by atoms with Gasteiger partial charge in [-0.1, -0.05) is 65.7 Å². The number of hydrogen-bond donors (Lipinski definition) is 1. The summed E-state index contributed by atoms with van der Waals surface area (Å²) in [5, 5.41) is 8.99. The van der Waals surface area contributed by atoms with Crippen molar-refractivity contribution in [2.75, 3.05) is 16.7 Å². The molecule has 0 spiro atoms. The Hall–Kier alpha value is -3.27. The van der Waals surface area contributed by atoms with Crippen LogP contribution >= 0.6 is 0 Å². The first kappa shape index (κ1) is 16.2. The minimum absolute atomic E-state index is 0.627. The number of nitrogens with one attached hydrogen (secondary N) is 1. The smallest absolute Gasteiger partial charge is 0.172 e. The van der Waals surface area contributed by atoms with E-state index in [-0.39, 0.29) is 0 Å². The highest BCUT2D eigenvalue weighted by Crippen LogP contribution is 2.22. The number of amidine groups is 1. The van der Waals surface area contributed by atoms with E-state index in [0.717, 1.165) is 22.8 Å². The van der Waals surface area contributed by atoms with Crippen LogP contribution in [0.3, 0.4) is 0 Å². The standard InChI is InChI=1S/C22H22N4/c1-17-8-12-20(13-9-17)25-16-26(21-14-10-18(2)11-15-21)24-22(23-25)19-6-4-3-5-7-19/h3-15H,16H2,1-2H3,(H,23,24). The van der Waals surface area contributed by atoms with Gasteiger partial charge in [-0.2, -0.15) is 5.10 Å². The second-order valence-electron chi connectivity index (χ2n) is 6.57. The highest BCUT2D eigenvalue weighted by atomic mass is 15.7. The SMILES string of the molecule is Cc1ccc(N2CN(c3ccc(C)cc3)NC(c3ccccc3)=N2)cc1. The van der Waals surface area contributed by atoms with Crippen LogP contribution in [0, 0.1) is 13.8 Å². The number of hydrogen-bond acceptors (Lipinski definition) is 4. The first-order chi connectivity index (χ1) is 12.7. The van der Waals surface area contributed by atoms with Gasteiger partial charge in [0.1, 0.15) is 6.67 Å². The van der Waals surface area contributed by atoms with E-state index >= 15 is 0 Å². The molecule has 0 radical (unpaired) electrons. The molecule has 0 saturated heterocycles. The topological polar surface area (TPSA) is 30.9 Å². The molecule has 0 unspecified atom stereocenters. The molecule has 0 aromatic heterocycles. The summed E-state index contributed by atoms with van der Waals surface area (Å²) in [6.45, 7) is 4.82. The first-order valence-electron chi connectivity index (χ1n) is 8.78. The predicted molar refractivity (Wildman–Crippen MR) is 108 cm³/mol. The van der Waals surface area contributed by atoms with Crippen molar-refractivity contribution in [3.05, 3.63) is 95.6 Å². The molecule has 0 atom stereocenters. The van der Waals surface area contributed by atoms with Crippen LogP contribution in [0.2, 0.25) is 0 Å². The fraction of sp³-hybridized carbons (Fsp3) is 0.136. The number of aryl methyl sites for hydroxylation is 2. The quantitative estimate of drug-likeness (QED) is 0.763. The molecule has 0 aliphatic carbocycles. The van der Waals surface area contributed by atoms with E-state index in [2.05, 4.69) is 84.9 Å². The maximum absolute atomic E-state index is 4.84. The summed E-state index contributed by atoms with van der Waals surface area (Å²) in [5.74, 6) is 0.831. The van der Waals surface area contributed by atoms with Gasteiger partial charge < -0.3 is 0 Å². The monoisotopic (exact) mass is 342 g/mol. The molecule has 26 heavy (non-hydrogen) atoms. The van der Waals surface area contributed by atoms with Crippen LogP contribution in [0.25, 0.3) is 0 Å². The normalized spacial score (nSPS) is 14.0. The number of hydrazine groups is 1. The van der Waals surface area contributed by atoms with Gasteiger partial charge in [0.25, 0.3) is 0 Å². The van der Waals surface area contributed by atoms with Crippen molar-refractivity contribution in [1.82, 2.24) is 5.43 Å². The Labute approximate surface area is 154 Å². The van der Waals surface area contributed by atoms with Crippen LogP contribution in [0.15, 0.2) is 84.0 Å². The minimum atomic E-state index is 0.627. The van der Waals surface area contributed by atoms with Crippen LogP contribution in [-0.2, 0) is 0 Å². The minimum Gasteiger partial charge on any atom is -0.278 e. The third-order valence-corrected chi connectivity index (χ3v) is 4.46. The van der Waals surface area contributed by atoms with Crippen LogP contribution in [0.1, 0.15) is 16.7 Å². The molecule has 3 aromatic rings. The maximum atomic E-state index is 4.84. The number of benzene rings is 3. The average Bonchev–Trinajstić information content (AvgIpc) is 2.69. The Balaban J connectivity index is 1.72. The summed E-state index contributed by atoms with van der Waals surface area (Å²) >= 11 is 0. The molecular weight excluding hydrogens is 320 g/mol. The lowest BCUT2D eigenvalue weighted by molar-refractivity contribution is 0.679. The lowest BCUT2D eigenvalue weighted by Crippen LogP contribution is -2.53. The van der Waals surface area contributed by atoms with Crippen molar-refractivity contribution in [1.29, 1.82) is 0 Å². The van der Waals surface area contributed by atoms with Gasteiger partial charge in [0.2, 0.25) is 0 Å². The van der Waals surface area contributed by atoms with Crippen molar-refractivity contribution in [2.45, 2.75) is 13.8 Å². The molecule has 0 fully saturated rings. The van der Waals surface area contributed by atoms with E-state index in [1.165, 1.54) is 11.1 Å². The second-order valence-corrected chi connectivity index (χ2v) is 6.57. The van der Waals surface area contributed by atoms with Gasteiger partial charge in [0, 0.05) is 5.56 Å². The van der Waals surface area contributed by atoms with Gasteiger partial charge in [0.15, 0.2) is 5.84 Å². The third kappa shape index (κ3) is 3.40. The van der Waals surface area contributed by atoms with E-state index in [9.17, 15) is 0 Å². The Bertz CT molecular complexity index is 899. The number of anilines is 2. The van der Waals surface area contributed by atoms with Gasteiger partial charge >= 0.3 is 0 Å². The van der Waals surface area contributed by atoms with Gasteiger partial charge in [-0.25, -0.2) is 5.01 Å². The molecule has 1 aliphatic rings. The summed E-state index contributed by atoms with van der Waals surface area (Å²) in [7, 11) is 0. The fourth-order valence-electron chi connectivity index (χ4n) is 2.92. The second kappa shape index (κ2) is 6.92. The molecule has 0 amide bonds. The Morgan fingerprint density at radius 3 is 1.92 bits per heavy atom. The van der Waals surface area contributed by atoms with Crippen LogP contribution < -0.4 is 15.4 Å². The summed E-state index contributed by atoms with van der Waals surface area (Å²) in [6, 6.07) is 27.2. The fourth-order valence-corrected chi connectivity index (χ4v) is 2.92. The average molecular weight is 342 g/mol. The molecule has 130 valence electrons. The summed E-state index contributed by atoms with van der Waals surface area (Å²) in [4.78, 5) is 0. The molecule has 1 N–H and O–H groups in total. The predicted octanol–water partition coefficient (Wildman–Crippen LogP) is 4.45. The first-order valence-corrected chi connectivity index (χ1v) is 8.78. The van der Waals surface area contributed by atoms with Gasteiger partial charge in [-0.15, -0.1) is 0 Å². The van der Waals surface area contributed by atoms with Crippen LogP contribution in [0.5, 0.6) is 0 Å². The van der Waals surface area contributed by atoms with E-state index < -0.39 is 0 Å². The molecule has 3 aromatic carbocycles. The van der Waals surface area contributed by atoms with Crippen molar-refractivity contribution < 1.29 is 0 Å². The molecule has 1 heterocycles. The van der Waals surface area contributed by atoms with E-state index in [4.69, 9.17) is 5.10 Å². The number of hydrazone groups is 1. The molecule has 1 aliphatic heterocycles. The summed E-state index contributed by atoms with van der Waals surface area (Å²) in [6.07, 6.45) is 0. The zero-order valence-electron chi connectivity index (χ0n) is 15.1. The summed E-state index contributed by atoms with van der Waals surface area (Å²) < 4.78 is 0. The van der Waals surface area contributed by atoms with Gasteiger partial charge in [-0.3, -0.25) is 10.4 Å². The van der Waals surface area contributed by atoms with Gasteiger partial charge in [0.05, 0.1) is 11.4 Å². The van der Waals surface area contributed by atoms with Crippen molar-refractivity contribution in [3.63, 3.8) is 0 Å². The van der Waals surface area contributed by atoms with E-state index in [1.807, 2.05) is 23.2 Å². The van der Waals surface area contributed by atoms with Crippen molar-refractivity contribution in [2.24, 2.45) is 5.10 Å². The van der Waals surface area contributed by atoms with Gasteiger partial charge in [-0.05, 0) is 38.1 Å². The number of nitrogens with zero attached hydrogens (tertiary/aromatic N) is 3. The molecule has 0 bridgehead atoms. The maximum Gasteiger partial charge on any atom is 0.172 e.